The van der Waals surface area contributed by atoms with Crippen LogP contribution in [0.25, 0.3) is 5.69 Å². The molecule has 0 saturated heterocycles. The zero-order valence-corrected chi connectivity index (χ0v) is 19.3. The van der Waals surface area contributed by atoms with Crippen LogP contribution in [0, 0.1) is 6.92 Å². The standard InChI is InChI=1S/C24H28ClN3O3/c1-6-16(2)27(18(4)29)15-23-17(3)26-28(20-9-7-8-19(25)14-20)24(23)31-22-12-10-21(30-5)11-13-22/h7-14,16H,6,15H2,1-5H3/t16-/m0/s1. The molecule has 0 bridgehead atoms. The van der Waals surface area contributed by atoms with Gasteiger partial charge < -0.3 is 14.4 Å². The van der Waals surface area contributed by atoms with Gasteiger partial charge in [0.2, 0.25) is 11.8 Å². The van der Waals surface area contributed by atoms with E-state index in [0.717, 1.165) is 29.1 Å². The van der Waals surface area contributed by atoms with Gasteiger partial charge in [0.15, 0.2) is 0 Å². The summed E-state index contributed by atoms with van der Waals surface area (Å²) in [5.74, 6) is 1.95. The average molecular weight is 442 g/mol. The van der Waals surface area contributed by atoms with Crippen molar-refractivity contribution in [3.63, 3.8) is 0 Å². The Hall–Kier alpha value is -2.99. The molecule has 0 fully saturated rings. The first-order valence-corrected chi connectivity index (χ1v) is 10.6. The summed E-state index contributed by atoms with van der Waals surface area (Å²) in [6.07, 6.45) is 0.857. The Bertz CT molecular complexity index is 1050. The molecule has 0 aliphatic carbocycles. The minimum Gasteiger partial charge on any atom is -0.497 e. The van der Waals surface area contributed by atoms with E-state index >= 15 is 0 Å². The summed E-state index contributed by atoms with van der Waals surface area (Å²) in [6, 6.07) is 14.9. The molecule has 1 atom stereocenters. The van der Waals surface area contributed by atoms with E-state index in [1.807, 2.05) is 67.3 Å². The smallest absolute Gasteiger partial charge is 0.227 e. The Morgan fingerprint density at radius 2 is 1.87 bits per heavy atom. The highest BCUT2D eigenvalue weighted by Crippen LogP contribution is 2.33. The highest BCUT2D eigenvalue weighted by Gasteiger charge is 2.24. The first-order valence-electron chi connectivity index (χ1n) is 10.3. The van der Waals surface area contributed by atoms with Crippen molar-refractivity contribution in [3.05, 3.63) is 64.8 Å². The number of carbonyl (C=O) groups is 1. The van der Waals surface area contributed by atoms with E-state index < -0.39 is 0 Å². The minimum absolute atomic E-state index is 0.0136. The Kier molecular flexibility index (Phi) is 7.23. The van der Waals surface area contributed by atoms with Crippen LogP contribution in [-0.2, 0) is 11.3 Å². The second-order valence-corrected chi connectivity index (χ2v) is 7.88. The number of halogens is 1. The van der Waals surface area contributed by atoms with E-state index in [-0.39, 0.29) is 11.9 Å². The lowest BCUT2D eigenvalue weighted by Crippen LogP contribution is -2.36. The maximum absolute atomic E-state index is 12.3. The second-order valence-electron chi connectivity index (χ2n) is 7.44. The summed E-state index contributed by atoms with van der Waals surface area (Å²) >= 11 is 6.22. The Balaban J connectivity index is 2.09. The largest absolute Gasteiger partial charge is 0.497 e. The fourth-order valence-electron chi connectivity index (χ4n) is 3.33. The van der Waals surface area contributed by atoms with Crippen LogP contribution in [0.15, 0.2) is 48.5 Å². The van der Waals surface area contributed by atoms with Crippen LogP contribution in [0.3, 0.4) is 0 Å². The minimum atomic E-state index is 0.0136. The summed E-state index contributed by atoms with van der Waals surface area (Å²) < 4.78 is 13.3. The van der Waals surface area contributed by atoms with Gasteiger partial charge in [0.05, 0.1) is 30.6 Å². The van der Waals surface area contributed by atoms with E-state index in [9.17, 15) is 4.79 Å². The molecule has 0 unspecified atom stereocenters. The van der Waals surface area contributed by atoms with Gasteiger partial charge in [-0.2, -0.15) is 5.10 Å². The van der Waals surface area contributed by atoms with Crippen molar-refractivity contribution in [1.82, 2.24) is 14.7 Å². The first kappa shape index (κ1) is 22.7. The Morgan fingerprint density at radius 1 is 1.19 bits per heavy atom. The maximum Gasteiger partial charge on any atom is 0.227 e. The number of benzene rings is 2. The molecule has 1 aromatic heterocycles. The SMILES string of the molecule is CC[C@H](C)N(Cc1c(C)nn(-c2cccc(Cl)c2)c1Oc1ccc(OC)cc1)C(C)=O. The third kappa shape index (κ3) is 5.20. The molecule has 6 nitrogen and oxygen atoms in total. The molecule has 3 rings (SSSR count). The quantitative estimate of drug-likeness (QED) is 0.444. The summed E-state index contributed by atoms with van der Waals surface area (Å²) in [5, 5.41) is 5.32. The molecule has 31 heavy (non-hydrogen) atoms. The lowest BCUT2D eigenvalue weighted by Gasteiger charge is -2.27. The third-order valence-electron chi connectivity index (χ3n) is 5.32. The lowest BCUT2D eigenvalue weighted by atomic mass is 10.1. The molecule has 0 spiro atoms. The number of nitrogens with zero attached hydrogens (tertiary/aromatic N) is 3. The molecule has 0 aliphatic rings. The molecule has 0 N–H and O–H groups in total. The molecule has 0 radical (unpaired) electrons. The van der Waals surface area contributed by atoms with Gasteiger partial charge in [-0.15, -0.1) is 0 Å². The number of methoxy groups -OCH3 is 1. The molecule has 0 aliphatic heterocycles. The van der Waals surface area contributed by atoms with Crippen molar-refractivity contribution < 1.29 is 14.3 Å². The topological polar surface area (TPSA) is 56.6 Å². The van der Waals surface area contributed by atoms with E-state index in [1.165, 1.54) is 0 Å². The molecule has 1 amide bonds. The average Bonchev–Trinajstić information content (AvgIpc) is 3.06. The molecule has 1 heterocycles. The van der Waals surface area contributed by atoms with E-state index in [2.05, 4.69) is 6.92 Å². The lowest BCUT2D eigenvalue weighted by molar-refractivity contribution is -0.131. The first-order chi connectivity index (χ1) is 14.8. The van der Waals surface area contributed by atoms with Gasteiger partial charge in [-0.1, -0.05) is 24.6 Å². The predicted molar refractivity (Wildman–Crippen MR) is 122 cm³/mol. The molecule has 3 aromatic rings. The Labute approximate surface area is 188 Å². The van der Waals surface area contributed by atoms with Crippen LogP contribution >= 0.6 is 11.6 Å². The van der Waals surface area contributed by atoms with Gasteiger partial charge in [0.1, 0.15) is 11.5 Å². The number of amides is 1. The van der Waals surface area contributed by atoms with Crippen LogP contribution in [0.5, 0.6) is 17.4 Å². The number of ether oxygens (including phenoxy) is 2. The number of hydrogen-bond donors (Lipinski definition) is 0. The highest BCUT2D eigenvalue weighted by molar-refractivity contribution is 6.30. The summed E-state index contributed by atoms with van der Waals surface area (Å²) in [5.41, 5.74) is 2.42. The monoisotopic (exact) mass is 441 g/mol. The number of carbonyl (C=O) groups excluding carboxylic acids is 1. The number of hydrogen-bond acceptors (Lipinski definition) is 4. The predicted octanol–water partition coefficient (Wildman–Crippen LogP) is 5.78. The second kappa shape index (κ2) is 9.88. The van der Waals surface area contributed by atoms with Crippen LogP contribution in [0.4, 0.5) is 0 Å². The fraction of sp³-hybridized carbons (Fsp3) is 0.333. The van der Waals surface area contributed by atoms with Crippen molar-refractivity contribution in [2.75, 3.05) is 7.11 Å². The molecule has 2 aromatic carbocycles. The zero-order valence-electron chi connectivity index (χ0n) is 18.6. The normalized spacial score (nSPS) is 11.8. The maximum atomic E-state index is 12.3. The number of aromatic nitrogens is 2. The van der Waals surface area contributed by atoms with E-state index in [1.54, 1.807) is 18.7 Å². The van der Waals surface area contributed by atoms with Gasteiger partial charge >= 0.3 is 0 Å². The van der Waals surface area contributed by atoms with E-state index in [4.69, 9.17) is 26.2 Å². The summed E-state index contributed by atoms with van der Waals surface area (Å²) in [4.78, 5) is 14.2. The Morgan fingerprint density at radius 3 is 2.45 bits per heavy atom. The van der Waals surface area contributed by atoms with Crippen molar-refractivity contribution in [2.24, 2.45) is 0 Å². The fourth-order valence-corrected chi connectivity index (χ4v) is 3.52. The molecule has 164 valence electrons. The molecule has 7 heteroatoms. The number of aryl methyl sites for hydroxylation is 1. The van der Waals surface area contributed by atoms with Gasteiger partial charge in [0, 0.05) is 18.0 Å². The van der Waals surface area contributed by atoms with Crippen LogP contribution in [-0.4, -0.2) is 33.7 Å². The van der Waals surface area contributed by atoms with Crippen LogP contribution < -0.4 is 9.47 Å². The molecular weight excluding hydrogens is 414 g/mol. The van der Waals surface area contributed by atoms with Gasteiger partial charge in [-0.05, 0) is 62.7 Å². The zero-order chi connectivity index (χ0) is 22.5. The number of rotatable bonds is 8. The van der Waals surface area contributed by atoms with Crippen LogP contribution in [0.1, 0.15) is 38.4 Å². The summed E-state index contributed by atoms with van der Waals surface area (Å²) in [7, 11) is 1.62. The van der Waals surface area contributed by atoms with Gasteiger partial charge in [0.25, 0.3) is 0 Å². The third-order valence-corrected chi connectivity index (χ3v) is 5.55. The molecule has 0 saturated carbocycles. The molecular formula is C24H28ClN3O3. The van der Waals surface area contributed by atoms with Gasteiger partial charge in [-0.25, -0.2) is 4.68 Å². The van der Waals surface area contributed by atoms with Crippen LogP contribution in [0.2, 0.25) is 5.02 Å². The highest BCUT2D eigenvalue weighted by atomic mass is 35.5. The summed E-state index contributed by atoms with van der Waals surface area (Å²) in [6.45, 7) is 8.03. The van der Waals surface area contributed by atoms with E-state index in [0.29, 0.717) is 23.2 Å². The van der Waals surface area contributed by atoms with Crippen molar-refractivity contribution >= 4 is 17.5 Å². The van der Waals surface area contributed by atoms with Crippen molar-refractivity contribution in [1.29, 1.82) is 0 Å². The van der Waals surface area contributed by atoms with Gasteiger partial charge in [-0.3, -0.25) is 4.79 Å². The van der Waals surface area contributed by atoms with Crippen molar-refractivity contribution in [3.8, 4) is 23.1 Å². The van der Waals surface area contributed by atoms with Crippen molar-refractivity contribution in [2.45, 2.75) is 46.7 Å².